The van der Waals surface area contributed by atoms with Gasteiger partial charge in [-0.1, -0.05) is 5.16 Å². The van der Waals surface area contributed by atoms with Crippen molar-refractivity contribution in [1.82, 2.24) is 15.5 Å². The molecule has 3 rings (SSSR count). The molecule has 0 saturated heterocycles. The Balaban J connectivity index is 1.88. The van der Waals surface area contributed by atoms with Crippen LogP contribution in [0.15, 0.2) is 21.3 Å². The highest BCUT2D eigenvalue weighted by Gasteiger charge is 2.24. The molecule has 0 bridgehead atoms. The lowest BCUT2D eigenvalue weighted by atomic mass is 10.1. The second kappa shape index (κ2) is 6.86. The smallest absolute Gasteiger partial charge is 0.257 e. The molecule has 0 radical (unpaired) electrons. The van der Waals surface area contributed by atoms with Crippen LogP contribution in [0.4, 0.5) is 0 Å². The molecule has 3 aromatic rings. The first-order valence-electron chi connectivity index (χ1n) is 7.64. The minimum absolute atomic E-state index is 0.168. The fraction of sp³-hybridized carbons (Fsp3) is 0.353. The number of carbonyl (C=O) groups excluding carboxylic acids is 1. The van der Waals surface area contributed by atoms with E-state index in [4.69, 9.17) is 4.52 Å². The number of nitrogens with zero attached hydrogens (tertiary/aromatic N) is 2. The van der Waals surface area contributed by atoms with Crippen molar-refractivity contribution in [2.75, 3.05) is 0 Å². The van der Waals surface area contributed by atoms with Crippen molar-refractivity contribution < 1.29 is 9.32 Å². The van der Waals surface area contributed by atoms with Crippen molar-refractivity contribution in [3.05, 3.63) is 55.0 Å². The van der Waals surface area contributed by atoms with Crippen LogP contribution in [-0.4, -0.2) is 16.0 Å². The maximum absolute atomic E-state index is 12.7. The third-order valence-electron chi connectivity index (χ3n) is 3.93. The minimum Gasteiger partial charge on any atom is -0.361 e. The van der Waals surface area contributed by atoms with Crippen molar-refractivity contribution in [1.29, 1.82) is 0 Å². The third-order valence-corrected chi connectivity index (χ3v) is 5.85. The maximum Gasteiger partial charge on any atom is 0.257 e. The third kappa shape index (κ3) is 3.42. The van der Waals surface area contributed by atoms with Gasteiger partial charge in [0, 0.05) is 11.3 Å². The highest BCUT2D eigenvalue weighted by atomic mass is 32.1. The molecule has 0 saturated carbocycles. The van der Waals surface area contributed by atoms with Gasteiger partial charge < -0.3 is 9.84 Å². The number of aromatic nitrogens is 2. The van der Waals surface area contributed by atoms with Gasteiger partial charge in [0.05, 0.1) is 17.4 Å². The molecule has 126 valence electrons. The van der Waals surface area contributed by atoms with E-state index in [0.29, 0.717) is 23.4 Å². The van der Waals surface area contributed by atoms with Gasteiger partial charge >= 0.3 is 0 Å². The SMILES string of the molecule is Cc1nc([C@H](Cc2ccsc2)NC(=O)c2c(C)noc2C)sc1C. The number of hydrogen-bond acceptors (Lipinski definition) is 6. The van der Waals surface area contributed by atoms with E-state index in [1.54, 1.807) is 36.5 Å². The van der Waals surface area contributed by atoms with Crippen LogP contribution >= 0.6 is 22.7 Å². The summed E-state index contributed by atoms with van der Waals surface area (Å²) >= 11 is 3.28. The van der Waals surface area contributed by atoms with Gasteiger partial charge in [-0.2, -0.15) is 11.3 Å². The number of thiazole rings is 1. The van der Waals surface area contributed by atoms with E-state index in [2.05, 4.69) is 26.9 Å². The summed E-state index contributed by atoms with van der Waals surface area (Å²) in [6.07, 6.45) is 0.713. The largest absolute Gasteiger partial charge is 0.361 e. The molecule has 1 N–H and O–H groups in total. The van der Waals surface area contributed by atoms with Crippen molar-refractivity contribution >= 4 is 28.6 Å². The monoisotopic (exact) mass is 361 g/mol. The molecular weight excluding hydrogens is 342 g/mol. The van der Waals surface area contributed by atoms with E-state index in [-0.39, 0.29) is 11.9 Å². The van der Waals surface area contributed by atoms with Crippen molar-refractivity contribution in [3.8, 4) is 0 Å². The molecule has 0 aliphatic heterocycles. The molecule has 0 aliphatic rings. The summed E-state index contributed by atoms with van der Waals surface area (Å²) in [5, 5.41) is 12.0. The second-order valence-corrected chi connectivity index (χ2v) is 7.77. The Hall–Kier alpha value is -1.99. The molecule has 3 heterocycles. The van der Waals surface area contributed by atoms with E-state index in [1.165, 1.54) is 10.4 Å². The van der Waals surface area contributed by atoms with E-state index in [1.807, 2.05) is 19.2 Å². The van der Waals surface area contributed by atoms with Crippen molar-refractivity contribution in [2.45, 2.75) is 40.2 Å². The number of carbonyl (C=O) groups is 1. The summed E-state index contributed by atoms with van der Waals surface area (Å²) < 4.78 is 5.11. The topological polar surface area (TPSA) is 68.0 Å². The van der Waals surface area contributed by atoms with Crippen molar-refractivity contribution in [3.63, 3.8) is 0 Å². The van der Waals surface area contributed by atoms with Crippen LogP contribution in [0.5, 0.6) is 0 Å². The zero-order valence-corrected chi connectivity index (χ0v) is 15.7. The van der Waals surface area contributed by atoms with Crippen LogP contribution in [-0.2, 0) is 6.42 Å². The lowest BCUT2D eigenvalue weighted by molar-refractivity contribution is 0.0934. The minimum atomic E-state index is -0.169. The molecule has 0 fully saturated rings. The first kappa shape index (κ1) is 16.9. The van der Waals surface area contributed by atoms with Crippen LogP contribution in [0.3, 0.4) is 0 Å². The predicted molar refractivity (Wildman–Crippen MR) is 95.8 cm³/mol. The van der Waals surface area contributed by atoms with Gasteiger partial charge in [-0.3, -0.25) is 4.79 Å². The van der Waals surface area contributed by atoms with Gasteiger partial charge in [-0.15, -0.1) is 11.3 Å². The quantitative estimate of drug-likeness (QED) is 0.741. The van der Waals surface area contributed by atoms with Crippen LogP contribution < -0.4 is 5.32 Å². The number of thiophene rings is 1. The highest BCUT2D eigenvalue weighted by Crippen LogP contribution is 2.27. The summed E-state index contributed by atoms with van der Waals surface area (Å²) in [5.74, 6) is 0.364. The summed E-state index contributed by atoms with van der Waals surface area (Å²) in [5.41, 5.74) is 3.31. The van der Waals surface area contributed by atoms with Crippen LogP contribution in [0.25, 0.3) is 0 Å². The number of nitrogens with one attached hydrogen (secondary N) is 1. The molecule has 7 heteroatoms. The lowest BCUT2D eigenvalue weighted by Gasteiger charge is -2.16. The molecule has 0 aliphatic carbocycles. The van der Waals surface area contributed by atoms with E-state index in [0.717, 1.165) is 10.7 Å². The average Bonchev–Trinajstić information content (AvgIpc) is 3.22. The van der Waals surface area contributed by atoms with Crippen LogP contribution in [0.2, 0.25) is 0 Å². The van der Waals surface area contributed by atoms with Gasteiger partial charge in [0.2, 0.25) is 0 Å². The van der Waals surface area contributed by atoms with E-state index < -0.39 is 0 Å². The zero-order valence-electron chi connectivity index (χ0n) is 14.0. The fourth-order valence-corrected chi connectivity index (χ4v) is 4.18. The summed E-state index contributed by atoms with van der Waals surface area (Å²) in [4.78, 5) is 18.5. The Morgan fingerprint density at radius 1 is 1.29 bits per heavy atom. The Morgan fingerprint density at radius 3 is 2.62 bits per heavy atom. The number of rotatable bonds is 5. The zero-order chi connectivity index (χ0) is 17.3. The Kier molecular flexibility index (Phi) is 4.82. The van der Waals surface area contributed by atoms with Gasteiger partial charge in [0.15, 0.2) is 0 Å². The van der Waals surface area contributed by atoms with Crippen molar-refractivity contribution in [2.24, 2.45) is 0 Å². The fourth-order valence-electron chi connectivity index (χ4n) is 2.53. The highest BCUT2D eigenvalue weighted by molar-refractivity contribution is 7.11. The van der Waals surface area contributed by atoms with Gasteiger partial charge in [0.25, 0.3) is 5.91 Å². The molecule has 5 nitrogen and oxygen atoms in total. The Labute approximate surface area is 148 Å². The maximum atomic E-state index is 12.7. The van der Waals surface area contributed by atoms with E-state index >= 15 is 0 Å². The number of aryl methyl sites for hydroxylation is 4. The number of hydrogen-bond donors (Lipinski definition) is 1. The normalized spacial score (nSPS) is 12.3. The van der Waals surface area contributed by atoms with Crippen LogP contribution in [0.1, 0.15) is 49.0 Å². The average molecular weight is 361 g/mol. The Morgan fingerprint density at radius 2 is 2.08 bits per heavy atom. The standard InChI is InChI=1S/C17H19N3O2S2/c1-9-12(4)24-17(18-9)14(7-13-5-6-23-8-13)19-16(21)15-10(2)20-22-11(15)3/h5-6,8,14H,7H2,1-4H3,(H,19,21)/t14-/m0/s1. The van der Waals surface area contributed by atoms with Gasteiger partial charge in [0.1, 0.15) is 16.3 Å². The predicted octanol–water partition coefficient (Wildman–Crippen LogP) is 4.14. The molecular formula is C17H19N3O2S2. The van der Waals surface area contributed by atoms with Gasteiger partial charge in [-0.25, -0.2) is 4.98 Å². The molecule has 0 unspecified atom stereocenters. The Bertz CT molecular complexity index is 810. The molecule has 1 atom stereocenters. The molecule has 1 amide bonds. The lowest BCUT2D eigenvalue weighted by Crippen LogP contribution is -2.30. The molecule has 3 aromatic heterocycles. The molecule has 0 spiro atoms. The first-order chi connectivity index (χ1) is 11.5. The number of amides is 1. The summed E-state index contributed by atoms with van der Waals surface area (Å²) in [6.45, 7) is 7.57. The first-order valence-corrected chi connectivity index (χ1v) is 9.40. The van der Waals surface area contributed by atoms with Crippen LogP contribution in [0, 0.1) is 27.7 Å². The summed E-state index contributed by atoms with van der Waals surface area (Å²) in [6, 6.07) is 1.91. The molecule has 0 aromatic carbocycles. The summed E-state index contributed by atoms with van der Waals surface area (Å²) in [7, 11) is 0. The second-order valence-electron chi connectivity index (χ2n) is 5.75. The van der Waals surface area contributed by atoms with Gasteiger partial charge in [-0.05, 0) is 50.1 Å². The van der Waals surface area contributed by atoms with E-state index in [9.17, 15) is 4.79 Å². The molecule has 24 heavy (non-hydrogen) atoms.